The molecule has 0 N–H and O–H groups in total. The zero-order valence-electron chi connectivity index (χ0n) is 20.2. The molecule has 2 aromatic rings. The third kappa shape index (κ3) is 6.21. The minimum Gasteiger partial charge on any atom is -0.497 e. The van der Waals surface area contributed by atoms with Crippen LogP contribution in [0.5, 0.6) is 23.0 Å². The van der Waals surface area contributed by atoms with Gasteiger partial charge in [0.15, 0.2) is 11.5 Å². The standard InChI is InChI=1S/C26H32N2O6/c1-5-33-23-9-7-19(15-24(23)34-6-2)8-10-25(29)27-11-13-28(14-12-27)26(30)20-16-21(31-3)18-22(17-20)32-4/h7-10,15-18H,5-6,11-14H2,1-4H3/b10-8+. The van der Waals surface area contributed by atoms with E-state index < -0.39 is 0 Å². The van der Waals surface area contributed by atoms with Gasteiger partial charge >= 0.3 is 0 Å². The number of carbonyl (C=O) groups is 2. The van der Waals surface area contributed by atoms with Crippen LogP contribution < -0.4 is 18.9 Å². The summed E-state index contributed by atoms with van der Waals surface area (Å²) in [6, 6.07) is 10.7. The molecule has 1 aliphatic heterocycles. The summed E-state index contributed by atoms with van der Waals surface area (Å²) in [5, 5.41) is 0. The highest BCUT2D eigenvalue weighted by Gasteiger charge is 2.24. The summed E-state index contributed by atoms with van der Waals surface area (Å²) in [6.45, 7) is 6.74. The molecule has 8 heteroatoms. The molecule has 1 aliphatic rings. The van der Waals surface area contributed by atoms with Crippen molar-refractivity contribution in [3.63, 3.8) is 0 Å². The van der Waals surface area contributed by atoms with E-state index in [1.165, 1.54) is 0 Å². The number of methoxy groups -OCH3 is 2. The lowest BCUT2D eigenvalue weighted by Crippen LogP contribution is -2.50. The van der Waals surface area contributed by atoms with Crippen LogP contribution in [0.15, 0.2) is 42.5 Å². The fraction of sp³-hybridized carbons (Fsp3) is 0.385. The molecular formula is C26H32N2O6. The Morgan fingerprint density at radius 1 is 0.824 bits per heavy atom. The lowest BCUT2D eigenvalue weighted by Gasteiger charge is -2.34. The van der Waals surface area contributed by atoms with Gasteiger partial charge in [-0.2, -0.15) is 0 Å². The second-order valence-electron chi connectivity index (χ2n) is 7.62. The molecule has 182 valence electrons. The quantitative estimate of drug-likeness (QED) is 0.525. The van der Waals surface area contributed by atoms with Crippen molar-refractivity contribution in [2.75, 3.05) is 53.6 Å². The predicted molar refractivity (Wildman–Crippen MR) is 130 cm³/mol. The number of benzene rings is 2. The van der Waals surface area contributed by atoms with Crippen molar-refractivity contribution in [2.24, 2.45) is 0 Å². The molecule has 0 aromatic heterocycles. The van der Waals surface area contributed by atoms with E-state index in [9.17, 15) is 9.59 Å². The summed E-state index contributed by atoms with van der Waals surface area (Å²) < 4.78 is 21.7. The van der Waals surface area contributed by atoms with Crippen molar-refractivity contribution < 1.29 is 28.5 Å². The first-order valence-electron chi connectivity index (χ1n) is 11.4. The average molecular weight is 469 g/mol. The molecule has 2 aromatic carbocycles. The van der Waals surface area contributed by atoms with Crippen molar-refractivity contribution in [1.29, 1.82) is 0 Å². The number of rotatable bonds is 9. The number of hydrogen-bond acceptors (Lipinski definition) is 6. The van der Waals surface area contributed by atoms with E-state index in [4.69, 9.17) is 18.9 Å². The molecule has 0 unspecified atom stereocenters. The fourth-order valence-electron chi connectivity index (χ4n) is 3.69. The first kappa shape index (κ1) is 25.0. The fourth-order valence-corrected chi connectivity index (χ4v) is 3.69. The van der Waals surface area contributed by atoms with Gasteiger partial charge in [-0.1, -0.05) is 6.07 Å². The Labute approximate surface area is 200 Å². The van der Waals surface area contributed by atoms with Gasteiger partial charge in [0.2, 0.25) is 5.91 Å². The van der Waals surface area contributed by atoms with Gasteiger partial charge in [-0.3, -0.25) is 9.59 Å². The Morgan fingerprint density at radius 3 is 2.00 bits per heavy atom. The first-order chi connectivity index (χ1) is 16.5. The van der Waals surface area contributed by atoms with Gasteiger partial charge in [-0.05, 0) is 49.8 Å². The lowest BCUT2D eigenvalue weighted by atomic mass is 10.1. The van der Waals surface area contributed by atoms with Gasteiger partial charge in [0.05, 0.1) is 27.4 Å². The molecule has 2 amide bonds. The van der Waals surface area contributed by atoms with Crippen LogP contribution in [0.3, 0.4) is 0 Å². The molecule has 8 nitrogen and oxygen atoms in total. The lowest BCUT2D eigenvalue weighted by molar-refractivity contribution is -0.127. The van der Waals surface area contributed by atoms with Crippen LogP contribution in [0.1, 0.15) is 29.8 Å². The summed E-state index contributed by atoms with van der Waals surface area (Å²) in [7, 11) is 3.10. The highest BCUT2D eigenvalue weighted by molar-refractivity contribution is 5.96. The molecule has 0 atom stereocenters. The highest BCUT2D eigenvalue weighted by Crippen LogP contribution is 2.29. The maximum atomic E-state index is 13.0. The smallest absolute Gasteiger partial charge is 0.254 e. The molecule has 1 fully saturated rings. The van der Waals surface area contributed by atoms with Crippen LogP contribution in [0.2, 0.25) is 0 Å². The van der Waals surface area contributed by atoms with Crippen LogP contribution in [-0.2, 0) is 4.79 Å². The van der Waals surface area contributed by atoms with E-state index in [-0.39, 0.29) is 11.8 Å². The van der Waals surface area contributed by atoms with E-state index in [1.807, 2.05) is 32.0 Å². The maximum Gasteiger partial charge on any atom is 0.254 e. The van der Waals surface area contributed by atoms with Crippen molar-refractivity contribution >= 4 is 17.9 Å². The summed E-state index contributed by atoms with van der Waals surface area (Å²) in [4.78, 5) is 29.1. The van der Waals surface area contributed by atoms with Gasteiger partial charge in [0, 0.05) is 43.9 Å². The normalized spacial score (nSPS) is 13.6. The van der Waals surface area contributed by atoms with Gasteiger partial charge < -0.3 is 28.7 Å². The van der Waals surface area contributed by atoms with Gasteiger partial charge in [0.1, 0.15) is 11.5 Å². The van der Waals surface area contributed by atoms with E-state index >= 15 is 0 Å². The molecule has 0 spiro atoms. The van der Waals surface area contributed by atoms with Gasteiger partial charge in [-0.15, -0.1) is 0 Å². The van der Waals surface area contributed by atoms with Gasteiger partial charge in [-0.25, -0.2) is 0 Å². The third-order valence-corrected chi connectivity index (χ3v) is 5.46. The van der Waals surface area contributed by atoms with Crippen molar-refractivity contribution in [1.82, 2.24) is 9.80 Å². The van der Waals surface area contributed by atoms with E-state index in [0.29, 0.717) is 68.0 Å². The third-order valence-electron chi connectivity index (χ3n) is 5.46. The molecule has 0 radical (unpaired) electrons. The predicted octanol–water partition coefficient (Wildman–Crippen LogP) is 3.50. The minimum absolute atomic E-state index is 0.0954. The Hall–Kier alpha value is -3.68. The Bertz CT molecular complexity index is 1010. The van der Waals surface area contributed by atoms with Crippen molar-refractivity contribution in [3.05, 3.63) is 53.6 Å². The Morgan fingerprint density at radius 2 is 1.41 bits per heavy atom. The summed E-state index contributed by atoms with van der Waals surface area (Å²) in [6.07, 6.45) is 3.32. The number of hydrogen-bond donors (Lipinski definition) is 0. The first-order valence-corrected chi connectivity index (χ1v) is 11.4. The van der Waals surface area contributed by atoms with E-state index in [2.05, 4.69) is 0 Å². The minimum atomic E-state index is -0.113. The number of piperazine rings is 1. The topological polar surface area (TPSA) is 77.5 Å². The van der Waals surface area contributed by atoms with Crippen LogP contribution >= 0.6 is 0 Å². The van der Waals surface area contributed by atoms with E-state index in [1.54, 1.807) is 54.4 Å². The summed E-state index contributed by atoms with van der Waals surface area (Å²) >= 11 is 0. The van der Waals surface area contributed by atoms with Gasteiger partial charge in [0.25, 0.3) is 5.91 Å². The SMILES string of the molecule is CCOc1ccc(/C=C/C(=O)N2CCN(C(=O)c3cc(OC)cc(OC)c3)CC2)cc1OCC. The molecule has 34 heavy (non-hydrogen) atoms. The van der Waals surface area contributed by atoms with E-state index in [0.717, 1.165) is 5.56 Å². The zero-order chi connectivity index (χ0) is 24.5. The summed E-state index contributed by atoms with van der Waals surface area (Å²) in [5.74, 6) is 2.24. The van der Waals surface area contributed by atoms with Crippen LogP contribution in [0.25, 0.3) is 6.08 Å². The number of carbonyl (C=O) groups excluding carboxylic acids is 2. The second-order valence-corrected chi connectivity index (χ2v) is 7.62. The molecule has 1 saturated heterocycles. The number of ether oxygens (including phenoxy) is 4. The molecule has 0 aliphatic carbocycles. The summed E-state index contributed by atoms with van der Waals surface area (Å²) in [5.41, 5.74) is 1.34. The number of amides is 2. The Balaban J connectivity index is 1.60. The van der Waals surface area contributed by atoms with Crippen LogP contribution in [0, 0.1) is 0 Å². The molecule has 3 rings (SSSR count). The molecule has 1 heterocycles. The molecular weight excluding hydrogens is 436 g/mol. The zero-order valence-corrected chi connectivity index (χ0v) is 20.2. The second kappa shape index (κ2) is 12.0. The Kier molecular flexibility index (Phi) is 8.79. The van der Waals surface area contributed by atoms with Crippen LogP contribution in [-0.4, -0.2) is 75.2 Å². The average Bonchev–Trinajstić information content (AvgIpc) is 2.88. The van der Waals surface area contributed by atoms with Crippen LogP contribution in [0.4, 0.5) is 0 Å². The van der Waals surface area contributed by atoms with Crippen molar-refractivity contribution in [3.8, 4) is 23.0 Å². The monoisotopic (exact) mass is 468 g/mol. The van der Waals surface area contributed by atoms with Crippen molar-refractivity contribution in [2.45, 2.75) is 13.8 Å². The molecule has 0 bridgehead atoms. The number of nitrogens with zero attached hydrogens (tertiary/aromatic N) is 2. The highest BCUT2D eigenvalue weighted by atomic mass is 16.5. The largest absolute Gasteiger partial charge is 0.497 e. The maximum absolute atomic E-state index is 13.0. The molecule has 0 saturated carbocycles.